The predicted octanol–water partition coefficient (Wildman–Crippen LogP) is 0.706. The van der Waals surface area contributed by atoms with E-state index < -0.39 is 15.8 Å². The van der Waals surface area contributed by atoms with E-state index in [1.165, 1.54) is 4.90 Å². The largest absolute Gasteiger partial charge is 0.481 e. The Morgan fingerprint density at radius 1 is 1.19 bits per heavy atom. The Kier molecular flexibility index (Phi) is 6.44. The van der Waals surface area contributed by atoms with Crippen molar-refractivity contribution in [2.24, 2.45) is 5.92 Å². The summed E-state index contributed by atoms with van der Waals surface area (Å²) in [6.07, 6.45) is 2.01. The summed E-state index contributed by atoms with van der Waals surface area (Å²) in [5.74, 6) is -1.14. The Bertz CT molecular complexity index is 463. The van der Waals surface area contributed by atoms with Crippen molar-refractivity contribution in [3.05, 3.63) is 0 Å². The average Bonchev–Trinajstić information content (AvgIpc) is 2.38. The van der Waals surface area contributed by atoms with Crippen LogP contribution in [0.3, 0.4) is 0 Å². The average molecular weight is 320 g/mol. The third-order valence-corrected chi connectivity index (χ3v) is 5.31. The molecule has 122 valence electrons. The molecule has 1 aliphatic rings. The van der Waals surface area contributed by atoms with Gasteiger partial charge >= 0.3 is 12.0 Å². The number of amides is 2. The maximum absolute atomic E-state index is 12.0. The Hall–Kier alpha value is -1.31. The molecule has 0 saturated carbocycles. The van der Waals surface area contributed by atoms with E-state index in [0.29, 0.717) is 12.8 Å². The predicted molar refractivity (Wildman–Crippen MR) is 78.9 cm³/mol. The van der Waals surface area contributed by atoms with Crippen molar-refractivity contribution >= 4 is 21.8 Å². The van der Waals surface area contributed by atoms with Crippen LogP contribution in [-0.4, -0.2) is 61.1 Å². The van der Waals surface area contributed by atoms with E-state index in [4.69, 9.17) is 5.11 Å². The second-order valence-electron chi connectivity index (χ2n) is 5.66. The lowest BCUT2D eigenvalue weighted by Gasteiger charge is -2.28. The third-order valence-electron chi connectivity index (χ3n) is 3.70. The first-order valence-corrected chi connectivity index (χ1v) is 9.02. The number of nitrogens with one attached hydrogen (secondary N) is 1. The number of hydrogen-bond donors (Lipinski definition) is 2. The molecule has 2 amide bonds. The first-order chi connectivity index (χ1) is 9.71. The molecule has 8 heteroatoms. The van der Waals surface area contributed by atoms with Gasteiger partial charge < -0.3 is 15.3 Å². The molecule has 1 saturated heterocycles. The number of nitrogens with zero attached hydrogens (tertiary/aromatic N) is 1. The molecule has 2 atom stereocenters. The van der Waals surface area contributed by atoms with E-state index in [1.54, 1.807) is 6.92 Å². The van der Waals surface area contributed by atoms with Gasteiger partial charge in [0.15, 0.2) is 9.84 Å². The molecule has 0 radical (unpaired) electrons. The lowest BCUT2D eigenvalue weighted by molar-refractivity contribution is -0.141. The lowest BCUT2D eigenvalue weighted by Crippen LogP contribution is -2.50. The summed E-state index contributed by atoms with van der Waals surface area (Å²) in [7, 11) is -2.99. The number of carboxylic acids is 1. The fourth-order valence-corrected chi connectivity index (χ4v) is 3.34. The molecule has 1 heterocycles. The molecule has 0 aromatic rings. The molecule has 0 bridgehead atoms. The smallest absolute Gasteiger partial charge is 0.317 e. The summed E-state index contributed by atoms with van der Waals surface area (Å²) in [5, 5.41) is 11.6. The summed E-state index contributed by atoms with van der Waals surface area (Å²) < 4.78 is 22.6. The first-order valence-electron chi connectivity index (χ1n) is 7.20. The van der Waals surface area contributed by atoms with Gasteiger partial charge in [-0.25, -0.2) is 13.2 Å². The Balaban J connectivity index is 2.26. The van der Waals surface area contributed by atoms with Crippen molar-refractivity contribution in [2.75, 3.05) is 24.6 Å². The monoisotopic (exact) mass is 320 g/mol. The van der Waals surface area contributed by atoms with E-state index in [2.05, 4.69) is 5.32 Å². The van der Waals surface area contributed by atoms with Crippen LogP contribution >= 0.6 is 0 Å². The molecule has 0 aromatic carbocycles. The zero-order valence-corrected chi connectivity index (χ0v) is 13.4. The molecule has 0 aliphatic carbocycles. The second-order valence-corrected chi connectivity index (χ2v) is 7.96. The number of carbonyl (C=O) groups is 2. The molecule has 0 aromatic heterocycles. The van der Waals surface area contributed by atoms with E-state index in [1.807, 2.05) is 6.92 Å². The van der Waals surface area contributed by atoms with Crippen LogP contribution in [0.5, 0.6) is 0 Å². The van der Waals surface area contributed by atoms with Crippen LogP contribution in [-0.2, 0) is 14.6 Å². The molecule has 1 fully saturated rings. The van der Waals surface area contributed by atoms with Gasteiger partial charge in [0.1, 0.15) is 0 Å². The van der Waals surface area contributed by atoms with Gasteiger partial charge in [0, 0.05) is 19.1 Å². The van der Waals surface area contributed by atoms with E-state index >= 15 is 0 Å². The van der Waals surface area contributed by atoms with Crippen LogP contribution in [0.1, 0.15) is 33.1 Å². The maximum atomic E-state index is 12.0. The van der Waals surface area contributed by atoms with Crippen LogP contribution in [0.2, 0.25) is 0 Å². The molecule has 7 nitrogen and oxygen atoms in total. The van der Waals surface area contributed by atoms with Crippen molar-refractivity contribution in [3.8, 4) is 0 Å². The minimum atomic E-state index is -2.99. The van der Waals surface area contributed by atoms with Crippen LogP contribution in [0.15, 0.2) is 0 Å². The number of carboxylic acid groups (broad SMARTS) is 1. The number of aliphatic carboxylic acids is 1. The summed E-state index contributed by atoms with van der Waals surface area (Å²) in [4.78, 5) is 24.1. The summed E-state index contributed by atoms with van der Waals surface area (Å²) in [6.45, 7) is 4.00. The molecule has 2 N–H and O–H groups in total. The summed E-state index contributed by atoms with van der Waals surface area (Å²) >= 11 is 0. The minimum absolute atomic E-state index is 0.0188. The van der Waals surface area contributed by atoms with E-state index in [-0.39, 0.29) is 42.6 Å². The van der Waals surface area contributed by atoms with Gasteiger partial charge in [0.25, 0.3) is 0 Å². The van der Waals surface area contributed by atoms with Crippen molar-refractivity contribution in [1.29, 1.82) is 0 Å². The van der Waals surface area contributed by atoms with Gasteiger partial charge in [-0.2, -0.15) is 0 Å². The zero-order valence-electron chi connectivity index (χ0n) is 12.5. The fourth-order valence-electron chi connectivity index (χ4n) is 2.14. The normalized spacial score (nSPS) is 20.6. The molecular weight excluding hydrogens is 296 g/mol. The summed E-state index contributed by atoms with van der Waals surface area (Å²) in [5.41, 5.74) is 0. The topological polar surface area (TPSA) is 104 Å². The zero-order chi connectivity index (χ0) is 16.0. The Morgan fingerprint density at radius 2 is 1.76 bits per heavy atom. The number of hydrogen-bond acceptors (Lipinski definition) is 4. The number of urea groups is 1. The third kappa shape index (κ3) is 6.33. The van der Waals surface area contributed by atoms with Gasteiger partial charge in [-0.3, -0.25) is 4.79 Å². The first kappa shape index (κ1) is 17.7. The number of rotatable bonds is 6. The standard InChI is InChI=1S/C13H24N2O5S/c1-10(12(16)17)4-3-5-11(2)14-13(18)15-6-8-21(19,20)9-7-15/h10-11H,3-9H2,1-2H3,(H,14,18)(H,16,17). The Morgan fingerprint density at radius 3 is 2.29 bits per heavy atom. The SMILES string of the molecule is CC(CCCC(C)C(=O)O)NC(=O)N1CCS(=O)(=O)CC1. The van der Waals surface area contributed by atoms with Crippen molar-refractivity contribution in [1.82, 2.24) is 10.2 Å². The number of carbonyl (C=O) groups excluding carboxylic acids is 1. The van der Waals surface area contributed by atoms with Crippen molar-refractivity contribution < 1.29 is 23.1 Å². The van der Waals surface area contributed by atoms with Gasteiger partial charge in [-0.05, 0) is 19.8 Å². The summed E-state index contributed by atoms with van der Waals surface area (Å²) in [6, 6.07) is -0.305. The van der Waals surface area contributed by atoms with Crippen LogP contribution in [0, 0.1) is 5.92 Å². The molecule has 1 aliphatic heterocycles. The van der Waals surface area contributed by atoms with Gasteiger partial charge in [-0.15, -0.1) is 0 Å². The van der Waals surface area contributed by atoms with Crippen LogP contribution < -0.4 is 5.32 Å². The lowest BCUT2D eigenvalue weighted by atomic mass is 10.0. The quantitative estimate of drug-likeness (QED) is 0.750. The molecule has 1 rings (SSSR count). The minimum Gasteiger partial charge on any atom is -0.481 e. The highest BCUT2D eigenvalue weighted by Crippen LogP contribution is 2.10. The molecule has 0 spiro atoms. The van der Waals surface area contributed by atoms with E-state index in [0.717, 1.165) is 6.42 Å². The molecule has 21 heavy (non-hydrogen) atoms. The van der Waals surface area contributed by atoms with Crippen LogP contribution in [0.25, 0.3) is 0 Å². The number of sulfone groups is 1. The van der Waals surface area contributed by atoms with Crippen molar-refractivity contribution in [3.63, 3.8) is 0 Å². The Labute approximate surface area is 125 Å². The molecular formula is C13H24N2O5S. The molecule has 2 unspecified atom stereocenters. The second kappa shape index (κ2) is 7.63. The van der Waals surface area contributed by atoms with Gasteiger partial charge in [0.2, 0.25) is 0 Å². The van der Waals surface area contributed by atoms with Gasteiger partial charge in [-0.1, -0.05) is 13.3 Å². The highest BCUT2D eigenvalue weighted by Gasteiger charge is 2.25. The highest BCUT2D eigenvalue weighted by molar-refractivity contribution is 7.91. The fraction of sp³-hybridized carbons (Fsp3) is 0.846. The maximum Gasteiger partial charge on any atom is 0.317 e. The van der Waals surface area contributed by atoms with Crippen LogP contribution in [0.4, 0.5) is 4.79 Å². The highest BCUT2D eigenvalue weighted by atomic mass is 32.2. The van der Waals surface area contributed by atoms with Gasteiger partial charge in [0.05, 0.1) is 17.4 Å². The van der Waals surface area contributed by atoms with Crippen molar-refractivity contribution in [2.45, 2.75) is 39.2 Å². The van der Waals surface area contributed by atoms with E-state index in [9.17, 15) is 18.0 Å².